The van der Waals surface area contributed by atoms with Crippen LogP contribution in [-0.2, 0) is 16.0 Å². The Bertz CT molecular complexity index is 735. The first-order valence-electron chi connectivity index (χ1n) is 9.04. The molecule has 2 aromatic rings. The van der Waals surface area contributed by atoms with E-state index in [0.29, 0.717) is 6.42 Å². The highest BCUT2D eigenvalue weighted by atomic mass is 16.5. The Morgan fingerprint density at radius 2 is 2.00 bits per heavy atom. The van der Waals surface area contributed by atoms with E-state index in [1.165, 1.54) is 0 Å². The number of hydrogen-bond acceptors (Lipinski definition) is 3. The molecule has 1 fully saturated rings. The Kier molecular flexibility index (Phi) is 5.59. The number of fused-ring (bicyclic) bond motifs is 1. The van der Waals surface area contributed by atoms with E-state index >= 15 is 0 Å². The van der Waals surface area contributed by atoms with E-state index in [1.807, 2.05) is 30.3 Å². The second-order valence-electron chi connectivity index (χ2n) is 6.92. The van der Waals surface area contributed by atoms with Crippen molar-refractivity contribution in [3.05, 3.63) is 42.0 Å². The predicted molar refractivity (Wildman–Crippen MR) is 100 cm³/mol. The number of benzene rings is 2. The summed E-state index contributed by atoms with van der Waals surface area (Å²) in [5, 5.41) is 2.22. The number of carbonyl (C=O) groups is 1. The molecule has 1 aliphatic heterocycles. The van der Waals surface area contributed by atoms with Crippen LogP contribution in [0.25, 0.3) is 10.8 Å². The lowest BCUT2D eigenvalue weighted by Gasteiger charge is -2.37. The lowest BCUT2D eigenvalue weighted by Crippen LogP contribution is -2.47. The summed E-state index contributed by atoms with van der Waals surface area (Å²) in [6.07, 6.45) is 2.26. The second kappa shape index (κ2) is 7.87. The highest BCUT2D eigenvalue weighted by Gasteiger charge is 2.28. The number of amides is 1. The van der Waals surface area contributed by atoms with E-state index in [9.17, 15) is 4.79 Å². The summed E-state index contributed by atoms with van der Waals surface area (Å²) in [4.78, 5) is 15.2. The maximum atomic E-state index is 13.1. The van der Waals surface area contributed by atoms with E-state index in [1.54, 1.807) is 7.11 Å². The van der Waals surface area contributed by atoms with Gasteiger partial charge in [-0.3, -0.25) is 4.79 Å². The fraction of sp³-hybridized carbons (Fsp3) is 0.476. The van der Waals surface area contributed by atoms with E-state index in [2.05, 4.69) is 24.8 Å². The third-order valence-corrected chi connectivity index (χ3v) is 4.95. The van der Waals surface area contributed by atoms with Crippen molar-refractivity contribution in [1.29, 1.82) is 0 Å². The highest BCUT2D eigenvalue weighted by molar-refractivity contribution is 5.91. The normalized spacial score (nSPS) is 15.5. The van der Waals surface area contributed by atoms with Gasteiger partial charge in [-0.2, -0.15) is 0 Å². The molecule has 0 N–H and O–H groups in total. The Balaban J connectivity index is 1.87. The SMILES string of the molecule is COc1ccc2cccc(CC(=O)N(C(C)C)C3CCOCC3)c2c1. The summed E-state index contributed by atoms with van der Waals surface area (Å²) in [6.45, 7) is 5.68. The van der Waals surface area contributed by atoms with Crippen LogP contribution in [0.2, 0.25) is 0 Å². The fourth-order valence-corrected chi connectivity index (χ4v) is 3.73. The molecule has 0 radical (unpaired) electrons. The Hall–Kier alpha value is -2.07. The molecule has 0 unspecified atom stereocenters. The minimum Gasteiger partial charge on any atom is -0.497 e. The molecular formula is C21H27NO3. The quantitative estimate of drug-likeness (QED) is 0.830. The largest absolute Gasteiger partial charge is 0.497 e. The molecule has 4 heteroatoms. The van der Waals surface area contributed by atoms with Gasteiger partial charge in [0.15, 0.2) is 0 Å². The van der Waals surface area contributed by atoms with Gasteiger partial charge in [0.05, 0.1) is 13.5 Å². The van der Waals surface area contributed by atoms with Gasteiger partial charge < -0.3 is 14.4 Å². The monoisotopic (exact) mass is 341 g/mol. The van der Waals surface area contributed by atoms with Crippen LogP contribution in [0.3, 0.4) is 0 Å². The third-order valence-electron chi connectivity index (χ3n) is 4.95. The van der Waals surface area contributed by atoms with E-state index < -0.39 is 0 Å². The number of rotatable bonds is 5. The molecule has 25 heavy (non-hydrogen) atoms. The van der Waals surface area contributed by atoms with Crippen LogP contribution in [0, 0.1) is 0 Å². The molecule has 1 amide bonds. The van der Waals surface area contributed by atoms with Crippen molar-refractivity contribution in [3.8, 4) is 5.75 Å². The second-order valence-corrected chi connectivity index (χ2v) is 6.92. The summed E-state index contributed by atoms with van der Waals surface area (Å²) in [7, 11) is 1.67. The minimum atomic E-state index is 0.192. The van der Waals surface area contributed by atoms with Gasteiger partial charge in [0.25, 0.3) is 0 Å². The van der Waals surface area contributed by atoms with Crippen molar-refractivity contribution < 1.29 is 14.3 Å². The Morgan fingerprint density at radius 1 is 1.24 bits per heavy atom. The van der Waals surface area contributed by atoms with Crippen LogP contribution < -0.4 is 4.74 Å². The molecular weight excluding hydrogens is 314 g/mol. The van der Waals surface area contributed by atoms with Gasteiger partial charge in [-0.1, -0.05) is 24.3 Å². The van der Waals surface area contributed by atoms with Gasteiger partial charge in [-0.15, -0.1) is 0 Å². The maximum absolute atomic E-state index is 13.1. The lowest BCUT2D eigenvalue weighted by molar-refractivity contribution is -0.136. The highest BCUT2D eigenvalue weighted by Crippen LogP contribution is 2.26. The molecule has 0 saturated carbocycles. The standard InChI is InChI=1S/C21H27NO3/c1-15(2)22(18-9-11-25-12-10-18)21(23)13-17-6-4-5-16-7-8-19(24-3)14-20(16)17/h4-8,14-15,18H,9-13H2,1-3H3. The summed E-state index contributed by atoms with van der Waals surface area (Å²) in [6, 6.07) is 12.6. The molecule has 1 saturated heterocycles. The summed E-state index contributed by atoms with van der Waals surface area (Å²) < 4.78 is 10.8. The van der Waals surface area contributed by atoms with Gasteiger partial charge >= 0.3 is 0 Å². The molecule has 3 rings (SSSR count). The number of methoxy groups -OCH3 is 1. The van der Waals surface area contributed by atoms with Crippen LogP contribution in [0.15, 0.2) is 36.4 Å². The topological polar surface area (TPSA) is 38.8 Å². The number of carbonyl (C=O) groups excluding carboxylic acids is 1. The molecule has 0 aromatic heterocycles. The van der Waals surface area contributed by atoms with Crippen molar-refractivity contribution >= 4 is 16.7 Å². The molecule has 0 aliphatic carbocycles. The van der Waals surface area contributed by atoms with Crippen LogP contribution in [-0.4, -0.2) is 43.2 Å². The van der Waals surface area contributed by atoms with Gasteiger partial charge in [-0.25, -0.2) is 0 Å². The lowest BCUT2D eigenvalue weighted by atomic mass is 9.99. The van der Waals surface area contributed by atoms with Crippen LogP contribution in [0.1, 0.15) is 32.3 Å². The average Bonchev–Trinajstić information content (AvgIpc) is 2.62. The molecule has 1 heterocycles. The van der Waals surface area contributed by atoms with Crippen molar-refractivity contribution in [3.63, 3.8) is 0 Å². The maximum Gasteiger partial charge on any atom is 0.227 e. The average molecular weight is 341 g/mol. The molecule has 0 spiro atoms. The van der Waals surface area contributed by atoms with Crippen LogP contribution in [0.4, 0.5) is 0 Å². The zero-order valence-electron chi connectivity index (χ0n) is 15.3. The Morgan fingerprint density at radius 3 is 2.68 bits per heavy atom. The molecule has 134 valence electrons. The number of nitrogens with zero attached hydrogens (tertiary/aromatic N) is 1. The summed E-state index contributed by atoms with van der Waals surface area (Å²) >= 11 is 0. The third kappa shape index (κ3) is 3.96. The van der Waals surface area contributed by atoms with E-state index in [0.717, 1.165) is 48.1 Å². The van der Waals surface area contributed by atoms with Crippen molar-refractivity contribution in [2.75, 3.05) is 20.3 Å². The van der Waals surface area contributed by atoms with Crippen molar-refractivity contribution in [2.24, 2.45) is 0 Å². The van der Waals surface area contributed by atoms with Gasteiger partial charge in [0.2, 0.25) is 5.91 Å². The first-order chi connectivity index (χ1) is 12.1. The van der Waals surface area contributed by atoms with Gasteiger partial charge in [-0.05, 0) is 55.2 Å². The zero-order chi connectivity index (χ0) is 17.8. The molecule has 4 nitrogen and oxygen atoms in total. The molecule has 2 aromatic carbocycles. The minimum absolute atomic E-state index is 0.192. The number of hydrogen-bond donors (Lipinski definition) is 0. The zero-order valence-corrected chi connectivity index (χ0v) is 15.3. The Labute approximate surface area is 149 Å². The van der Waals surface area contributed by atoms with Crippen molar-refractivity contribution in [1.82, 2.24) is 4.90 Å². The summed E-state index contributed by atoms with van der Waals surface area (Å²) in [5.74, 6) is 1.01. The van der Waals surface area contributed by atoms with Gasteiger partial charge in [0, 0.05) is 25.3 Å². The number of ether oxygens (including phenoxy) is 2. The van der Waals surface area contributed by atoms with Crippen LogP contribution in [0.5, 0.6) is 5.75 Å². The smallest absolute Gasteiger partial charge is 0.227 e. The molecule has 0 bridgehead atoms. The molecule has 1 aliphatic rings. The molecule has 0 atom stereocenters. The summed E-state index contributed by atoms with van der Waals surface area (Å²) in [5.41, 5.74) is 1.05. The first kappa shape index (κ1) is 17.7. The first-order valence-corrected chi connectivity index (χ1v) is 9.04. The van der Waals surface area contributed by atoms with Gasteiger partial charge in [0.1, 0.15) is 5.75 Å². The van der Waals surface area contributed by atoms with Crippen LogP contribution >= 0.6 is 0 Å². The van der Waals surface area contributed by atoms with E-state index in [-0.39, 0.29) is 18.0 Å². The van der Waals surface area contributed by atoms with E-state index in [4.69, 9.17) is 9.47 Å². The predicted octanol–water partition coefficient (Wildman–Crippen LogP) is 3.81. The fourth-order valence-electron chi connectivity index (χ4n) is 3.73. The van der Waals surface area contributed by atoms with Crippen molar-refractivity contribution in [2.45, 2.75) is 45.2 Å².